The minimum atomic E-state index is -0.444. The zero-order valence-electron chi connectivity index (χ0n) is 18.7. The Morgan fingerprint density at radius 1 is 1.18 bits per heavy atom. The first-order valence-corrected chi connectivity index (χ1v) is 11.3. The Labute approximate surface area is 197 Å². The van der Waals surface area contributed by atoms with Gasteiger partial charge in [0.05, 0.1) is 22.5 Å². The Morgan fingerprint density at radius 3 is 2.76 bits per heavy atom. The van der Waals surface area contributed by atoms with Gasteiger partial charge in [-0.1, -0.05) is 17.7 Å². The van der Waals surface area contributed by atoms with Crippen LogP contribution in [0.5, 0.6) is 11.5 Å². The predicted octanol–water partition coefficient (Wildman–Crippen LogP) is 4.44. The molecule has 0 radical (unpaired) electrons. The maximum atomic E-state index is 11.5. The van der Waals surface area contributed by atoms with Crippen molar-refractivity contribution in [3.63, 3.8) is 0 Å². The molecule has 1 saturated heterocycles. The van der Waals surface area contributed by atoms with Crippen LogP contribution in [0.1, 0.15) is 19.8 Å². The number of fused-ring (bicyclic) bond motifs is 1. The molecule has 1 fully saturated rings. The van der Waals surface area contributed by atoms with E-state index in [-0.39, 0.29) is 12.7 Å². The number of nitrogens with zero attached hydrogens (tertiary/aromatic N) is 3. The van der Waals surface area contributed by atoms with Crippen molar-refractivity contribution in [1.82, 2.24) is 14.9 Å². The second-order valence-corrected chi connectivity index (χ2v) is 8.26. The Bertz CT molecular complexity index is 1110. The first-order chi connectivity index (χ1) is 16.0. The number of benzene rings is 2. The number of carbonyl (C=O) groups excluding carboxylic acids is 1. The molecule has 3 aromatic rings. The van der Waals surface area contributed by atoms with E-state index in [4.69, 9.17) is 25.8 Å². The third-order valence-electron chi connectivity index (χ3n) is 5.43. The van der Waals surface area contributed by atoms with Crippen molar-refractivity contribution in [2.75, 3.05) is 38.7 Å². The molecular weight excluding hydrogens is 444 g/mol. The molecule has 1 aromatic heterocycles. The van der Waals surface area contributed by atoms with Gasteiger partial charge >= 0.3 is 5.97 Å². The number of nitrogens with one attached hydrogen (secondary N) is 1. The first-order valence-electron chi connectivity index (χ1n) is 11.0. The van der Waals surface area contributed by atoms with Crippen LogP contribution in [-0.4, -0.2) is 60.3 Å². The largest absolute Gasteiger partial charge is 0.489 e. The standard InChI is InChI=1S/C24H27ClN4O4/c1-3-31-22(30)14-32-20-8-7-16(13-18(20)25)28-24-23-19(26-15-27-24)5-4-6-21(23)33-17-9-11-29(2)12-10-17/h4-8,13,15,17H,3,9-12,14H2,1-2H3,(H,26,27,28). The lowest BCUT2D eigenvalue weighted by Crippen LogP contribution is -2.35. The van der Waals surface area contributed by atoms with E-state index in [0.717, 1.165) is 48.3 Å². The Balaban J connectivity index is 1.53. The summed E-state index contributed by atoms with van der Waals surface area (Å²) in [6.07, 6.45) is 3.63. The van der Waals surface area contributed by atoms with Crippen molar-refractivity contribution in [3.05, 3.63) is 47.7 Å². The molecule has 0 atom stereocenters. The number of rotatable bonds is 8. The Kier molecular flexibility index (Phi) is 7.47. The smallest absolute Gasteiger partial charge is 0.344 e. The highest BCUT2D eigenvalue weighted by Crippen LogP contribution is 2.35. The molecule has 1 aliphatic heterocycles. The third-order valence-corrected chi connectivity index (χ3v) is 5.72. The Hall–Kier alpha value is -3.10. The van der Waals surface area contributed by atoms with E-state index in [9.17, 15) is 4.79 Å². The molecule has 33 heavy (non-hydrogen) atoms. The van der Waals surface area contributed by atoms with Gasteiger partial charge in [-0.2, -0.15) is 0 Å². The zero-order valence-corrected chi connectivity index (χ0v) is 19.5. The summed E-state index contributed by atoms with van der Waals surface area (Å²) in [5, 5.41) is 4.50. The molecule has 4 rings (SSSR count). The van der Waals surface area contributed by atoms with E-state index in [2.05, 4.69) is 27.2 Å². The van der Waals surface area contributed by atoms with Crippen LogP contribution in [-0.2, 0) is 9.53 Å². The monoisotopic (exact) mass is 470 g/mol. The molecule has 2 heterocycles. The van der Waals surface area contributed by atoms with E-state index in [1.807, 2.05) is 18.2 Å². The zero-order chi connectivity index (χ0) is 23.2. The van der Waals surface area contributed by atoms with E-state index in [1.165, 1.54) is 6.33 Å². The van der Waals surface area contributed by atoms with Gasteiger partial charge in [0, 0.05) is 18.8 Å². The topological polar surface area (TPSA) is 85.8 Å². The number of aromatic nitrogens is 2. The number of hydrogen-bond donors (Lipinski definition) is 1. The normalized spacial score (nSPS) is 14.8. The molecule has 2 aromatic carbocycles. The van der Waals surface area contributed by atoms with E-state index in [1.54, 1.807) is 25.1 Å². The highest BCUT2D eigenvalue weighted by Gasteiger charge is 2.20. The summed E-state index contributed by atoms with van der Waals surface area (Å²) in [5.74, 6) is 1.33. The molecule has 0 bridgehead atoms. The molecule has 0 amide bonds. The molecule has 1 N–H and O–H groups in total. The predicted molar refractivity (Wildman–Crippen MR) is 128 cm³/mol. The van der Waals surface area contributed by atoms with Gasteiger partial charge in [-0.25, -0.2) is 14.8 Å². The van der Waals surface area contributed by atoms with Crippen molar-refractivity contribution in [1.29, 1.82) is 0 Å². The summed E-state index contributed by atoms with van der Waals surface area (Å²) in [4.78, 5) is 22.7. The maximum absolute atomic E-state index is 11.5. The number of ether oxygens (including phenoxy) is 3. The fourth-order valence-electron chi connectivity index (χ4n) is 3.73. The SMILES string of the molecule is CCOC(=O)COc1ccc(Nc2ncnc3cccc(OC4CCN(C)CC4)c23)cc1Cl. The molecule has 0 aliphatic carbocycles. The highest BCUT2D eigenvalue weighted by molar-refractivity contribution is 6.32. The van der Waals surface area contributed by atoms with Crippen LogP contribution in [0.15, 0.2) is 42.7 Å². The fourth-order valence-corrected chi connectivity index (χ4v) is 3.96. The molecule has 0 spiro atoms. The molecule has 8 nitrogen and oxygen atoms in total. The molecule has 1 aliphatic rings. The number of likely N-dealkylation sites (tertiary alicyclic amines) is 1. The van der Waals surface area contributed by atoms with Crippen LogP contribution in [0.25, 0.3) is 10.9 Å². The quantitative estimate of drug-likeness (QED) is 0.483. The summed E-state index contributed by atoms with van der Waals surface area (Å²) in [7, 11) is 2.13. The van der Waals surface area contributed by atoms with Crippen LogP contribution >= 0.6 is 11.6 Å². The minimum Gasteiger partial charge on any atom is -0.489 e. The highest BCUT2D eigenvalue weighted by atomic mass is 35.5. The number of hydrogen-bond acceptors (Lipinski definition) is 8. The van der Waals surface area contributed by atoms with Gasteiger partial charge in [0.25, 0.3) is 0 Å². The van der Waals surface area contributed by atoms with Crippen molar-refractivity contribution in [3.8, 4) is 11.5 Å². The molecule has 0 unspecified atom stereocenters. The van der Waals surface area contributed by atoms with Crippen LogP contribution in [0, 0.1) is 0 Å². The lowest BCUT2D eigenvalue weighted by atomic mass is 10.1. The number of anilines is 2. The van der Waals surface area contributed by atoms with Crippen molar-refractivity contribution < 1.29 is 19.0 Å². The van der Waals surface area contributed by atoms with Gasteiger partial charge in [0.1, 0.15) is 29.7 Å². The molecule has 0 saturated carbocycles. The van der Waals surface area contributed by atoms with Crippen LogP contribution in [0.3, 0.4) is 0 Å². The molecular formula is C24H27ClN4O4. The van der Waals surface area contributed by atoms with Gasteiger partial charge in [-0.3, -0.25) is 0 Å². The summed E-state index contributed by atoms with van der Waals surface area (Å²) in [6, 6.07) is 11.0. The van der Waals surface area contributed by atoms with Crippen LogP contribution < -0.4 is 14.8 Å². The van der Waals surface area contributed by atoms with Gasteiger partial charge in [-0.05, 0) is 57.1 Å². The summed E-state index contributed by atoms with van der Waals surface area (Å²) >= 11 is 6.37. The summed E-state index contributed by atoms with van der Waals surface area (Å²) in [6.45, 7) is 3.87. The number of esters is 1. The van der Waals surface area contributed by atoms with Gasteiger partial charge in [0.15, 0.2) is 6.61 Å². The van der Waals surface area contributed by atoms with Crippen LogP contribution in [0.4, 0.5) is 11.5 Å². The third kappa shape index (κ3) is 5.83. The molecule has 9 heteroatoms. The van der Waals surface area contributed by atoms with E-state index < -0.39 is 5.97 Å². The average Bonchev–Trinajstić information content (AvgIpc) is 2.80. The second-order valence-electron chi connectivity index (χ2n) is 7.86. The first kappa shape index (κ1) is 23.1. The van der Waals surface area contributed by atoms with Gasteiger partial charge in [0.2, 0.25) is 0 Å². The fraction of sp³-hybridized carbons (Fsp3) is 0.375. The van der Waals surface area contributed by atoms with E-state index >= 15 is 0 Å². The number of piperidine rings is 1. The second kappa shape index (κ2) is 10.7. The van der Waals surface area contributed by atoms with E-state index in [0.29, 0.717) is 23.2 Å². The lowest BCUT2D eigenvalue weighted by Gasteiger charge is -2.29. The van der Waals surface area contributed by atoms with Crippen molar-refractivity contribution >= 4 is 40.0 Å². The number of carbonyl (C=O) groups is 1. The number of halogens is 1. The minimum absolute atomic E-state index is 0.158. The van der Waals surface area contributed by atoms with Gasteiger partial charge in [-0.15, -0.1) is 0 Å². The molecule has 174 valence electrons. The Morgan fingerprint density at radius 2 is 2.00 bits per heavy atom. The van der Waals surface area contributed by atoms with Crippen molar-refractivity contribution in [2.24, 2.45) is 0 Å². The van der Waals surface area contributed by atoms with Gasteiger partial charge < -0.3 is 24.4 Å². The average molecular weight is 471 g/mol. The summed E-state index contributed by atoms with van der Waals surface area (Å²) < 4.78 is 16.7. The summed E-state index contributed by atoms with van der Waals surface area (Å²) in [5.41, 5.74) is 1.51. The van der Waals surface area contributed by atoms with Crippen LogP contribution in [0.2, 0.25) is 5.02 Å². The lowest BCUT2D eigenvalue weighted by molar-refractivity contribution is -0.145. The maximum Gasteiger partial charge on any atom is 0.344 e. The van der Waals surface area contributed by atoms with Crippen molar-refractivity contribution in [2.45, 2.75) is 25.9 Å².